The first-order valence-electron chi connectivity index (χ1n) is 12.8. The quantitative estimate of drug-likeness (QED) is 0.327. The molecule has 0 spiro atoms. The van der Waals surface area contributed by atoms with Gasteiger partial charge in [-0.2, -0.15) is 0 Å². The summed E-state index contributed by atoms with van der Waals surface area (Å²) in [6, 6.07) is 15.7. The normalized spacial score (nSPS) is 17.4. The molecule has 2 atom stereocenters. The maximum absolute atomic E-state index is 13.6. The van der Waals surface area contributed by atoms with Crippen LogP contribution >= 0.6 is 22.6 Å². The van der Waals surface area contributed by atoms with Crippen LogP contribution in [0.4, 0.5) is 11.4 Å². The molecule has 0 saturated carbocycles. The third kappa shape index (κ3) is 4.77. The van der Waals surface area contributed by atoms with Crippen molar-refractivity contribution in [2.45, 2.75) is 32.2 Å². The summed E-state index contributed by atoms with van der Waals surface area (Å²) < 4.78 is 6.19. The molecule has 3 aromatic rings. The number of carbonyl (C=O) groups is 3. The lowest BCUT2D eigenvalue weighted by Gasteiger charge is -2.35. The monoisotopic (exact) mass is 623 g/mol. The minimum absolute atomic E-state index is 0.0397. The summed E-state index contributed by atoms with van der Waals surface area (Å²) in [5.74, 6) is 0.390. The van der Waals surface area contributed by atoms with Gasteiger partial charge in [0, 0.05) is 46.6 Å². The minimum Gasteiger partial charge on any atom is -0.497 e. The van der Waals surface area contributed by atoms with Crippen LogP contribution in [-0.2, 0) is 4.79 Å². The first-order valence-corrected chi connectivity index (χ1v) is 13.9. The summed E-state index contributed by atoms with van der Waals surface area (Å²) >= 11 is 2.21. The Kier molecular flexibility index (Phi) is 7.43. The molecule has 7 nitrogen and oxygen atoms in total. The second-order valence-corrected chi connectivity index (χ2v) is 11.2. The lowest BCUT2D eigenvalue weighted by molar-refractivity contribution is -0.121. The molecule has 0 bridgehead atoms. The number of benzene rings is 3. The Morgan fingerprint density at radius 1 is 1.13 bits per heavy atom. The molecule has 2 aliphatic heterocycles. The number of anilines is 2. The zero-order valence-electron chi connectivity index (χ0n) is 21.5. The number of carbonyl (C=O) groups excluding carboxylic acids is 3. The van der Waals surface area contributed by atoms with E-state index in [2.05, 4.69) is 41.4 Å². The molecule has 1 N–H and O–H groups in total. The van der Waals surface area contributed by atoms with E-state index in [1.807, 2.05) is 30.3 Å². The number of amides is 3. The van der Waals surface area contributed by atoms with Crippen molar-refractivity contribution < 1.29 is 19.1 Å². The van der Waals surface area contributed by atoms with Crippen LogP contribution in [0.5, 0.6) is 5.75 Å². The highest BCUT2D eigenvalue weighted by atomic mass is 127. The van der Waals surface area contributed by atoms with Crippen LogP contribution in [-0.4, -0.2) is 48.9 Å². The number of likely N-dealkylation sites (tertiary alicyclic amines) is 1. The van der Waals surface area contributed by atoms with E-state index >= 15 is 0 Å². The topological polar surface area (TPSA) is 79.0 Å². The van der Waals surface area contributed by atoms with Gasteiger partial charge < -0.3 is 19.9 Å². The van der Waals surface area contributed by atoms with E-state index in [1.165, 1.54) is 0 Å². The van der Waals surface area contributed by atoms with Crippen LogP contribution < -0.4 is 15.0 Å². The van der Waals surface area contributed by atoms with Crippen LogP contribution in [0, 0.1) is 5.92 Å². The second kappa shape index (κ2) is 10.8. The fraction of sp³-hybridized carbons (Fsp3) is 0.300. The summed E-state index contributed by atoms with van der Waals surface area (Å²) in [5, 5.41) is 4.74. The van der Waals surface area contributed by atoms with Crippen molar-refractivity contribution in [1.82, 2.24) is 4.90 Å². The maximum atomic E-state index is 13.6. The van der Waals surface area contributed by atoms with E-state index in [0.29, 0.717) is 42.1 Å². The molecule has 1 unspecified atom stereocenters. The van der Waals surface area contributed by atoms with E-state index in [9.17, 15) is 14.4 Å². The largest absolute Gasteiger partial charge is 0.497 e. The number of nitrogens with one attached hydrogen (secondary N) is 1. The molecule has 2 aliphatic rings. The Morgan fingerprint density at radius 3 is 2.61 bits per heavy atom. The molecule has 1 fully saturated rings. The number of rotatable bonds is 7. The van der Waals surface area contributed by atoms with Crippen molar-refractivity contribution in [3.05, 3.63) is 75.9 Å². The number of methoxy groups -OCH3 is 1. The first kappa shape index (κ1) is 26.2. The highest BCUT2D eigenvalue weighted by molar-refractivity contribution is 14.1. The molecular weight excluding hydrogens is 593 g/mol. The summed E-state index contributed by atoms with van der Waals surface area (Å²) in [6.07, 6.45) is 2.32. The fourth-order valence-electron chi connectivity index (χ4n) is 5.27. The molecule has 2 heterocycles. The van der Waals surface area contributed by atoms with Gasteiger partial charge in [0.2, 0.25) is 5.91 Å². The first-order chi connectivity index (χ1) is 18.3. The van der Waals surface area contributed by atoms with Gasteiger partial charge in [-0.3, -0.25) is 14.4 Å². The molecule has 1 saturated heterocycles. The highest BCUT2D eigenvalue weighted by Crippen LogP contribution is 2.41. The predicted molar refractivity (Wildman–Crippen MR) is 158 cm³/mol. The summed E-state index contributed by atoms with van der Waals surface area (Å²) in [4.78, 5) is 43.7. The SMILES string of the molecule is C=C(I)[C@H](C)CN1C(=O)c2cccc3c(NC(=O)C4CCCCN4C(=O)c4ccc(OC)cc4)ccc1c23. The van der Waals surface area contributed by atoms with E-state index in [-0.39, 0.29) is 23.6 Å². The molecule has 3 amide bonds. The van der Waals surface area contributed by atoms with Crippen LogP contribution in [0.25, 0.3) is 10.8 Å². The number of hydrogen-bond acceptors (Lipinski definition) is 4. The Morgan fingerprint density at radius 2 is 1.89 bits per heavy atom. The molecule has 5 rings (SSSR count). The van der Waals surface area contributed by atoms with Gasteiger partial charge in [0.15, 0.2) is 0 Å². The lowest BCUT2D eigenvalue weighted by atomic mass is 9.99. The molecule has 3 aromatic carbocycles. The van der Waals surface area contributed by atoms with Crippen LogP contribution in [0.1, 0.15) is 46.9 Å². The zero-order valence-corrected chi connectivity index (χ0v) is 23.7. The lowest BCUT2D eigenvalue weighted by Crippen LogP contribution is -2.50. The zero-order chi connectivity index (χ0) is 27.0. The maximum Gasteiger partial charge on any atom is 0.259 e. The number of hydrogen-bond donors (Lipinski definition) is 1. The third-order valence-corrected chi connectivity index (χ3v) is 8.50. The molecule has 38 heavy (non-hydrogen) atoms. The van der Waals surface area contributed by atoms with Crippen LogP contribution in [0.15, 0.2) is 64.8 Å². The van der Waals surface area contributed by atoms with Gasteiger partial charge in [-0.1, -0.05) is 25.6 Å². The van der Waals surface area contributed by atoms with Gasteiger partial charge in [0.05, 0.1) is 12.8 Å². The van der Waals surface area contributed by atoms with Gasteiger partial charge in [-0.15, -0.1) is 0 Å². The molecule has 0 aliphatic carbocycles. The van der Waals surface area contributed by atoms with Gasteiger partial charge in [0.25, 0.3) is 11.8 Å². The fourth-order valence-corrected chi connectivity index (χ4v) is 5.47. The summed E-state index contributed by atoms with van der Waals surface area (Å²) in [7, 11) is 1.58. The Labute approximate surface area is 236 Å². The average Bonchev–Trinajstić information content (AvgIpc) is 3.21. The van der Waals surface area contributed by atoms with Crippen molar-refractivity contribution in [1.29, 1.82) is 0 Å². The molecular formula is C30H30IN3O4. The molecule has 8 heteroatoms. The smallest absolute Gasteiger partial charge is 0.259 e. The van der Waals surface area contributed by atoms with E-state index in [1.54, 1.807) is 41.2 Å². The van der Waals surface area contributed by atoms with E-state index in [4.69, 9.17) is 4.74 Å². The van der Waals surface area contributed by atoms with Gasteiger partial charge in [0.1, 0.15) is 11.8 Å². The van der Waals surface area contributed by atoms with Gasteiger partial charge in [-0.25, -0.2) is 0 Å². The van der Waals surface area contributed by atoms with Crippen molar-refractivity contribution in [3.63, 3.8) is 0 Å². The van der Waals surface area contributed by atoms with Crippen LogP contribution in [0.2, 0.25) is 0 Å². The number of ether oxygens (including phenoxy) is 1. The Hall–Kier alpha value is -3.40. The number of piperidine rings is 1. The standard InChI is InChI=1S/C30H30IN3O4/c1-18(19(2)31)17-34-25-15-14-24(22-7-6-8-23(27(22)25)30(34)37)32-28(35)26-9-4-5-16-33(26)29(36)20-10-12-21(38-3)13-11-20/h6-8,10-15,18,26H,2,4-5,9,16-17H2,1,3H3,(H,32,35)/t18-,26?/m1/s1. The van der Waals surface area contributed by atoms with Crippen molar-refractivity contribution >= 4 is 62.5 Å². The summed E-state index contributed by atoms with van der Waals surface area (Å²) in [6.45, 7) is 7.15. The van der Waals surface area contributed by atoms with E-state index < -0.39 is 6.04 Å². The van der Waals surface area contributed by atoms with Gasteiger partial charge >= 0.3 is 0 Å². The van der Waals surface area contributed by atoms with Gasteiger partial charge in [-0.05, 0) is 87.9 Å². The second-order valence-electron chi connectivity index (χ2n) is 9.85. The Bertz CT molecular complexity index is 1440. The van der Waals surface area contributed by atoms with Crippen molar-refractivity contribution in [2.75, 3.05) is 30.4 Å². The van der Waals surface area contributed by atoms with Crippen LogP contribution in [0.3, 0.4) is 0 Å². The van der Waals surface area contributed by atoms with Crippen molar-refractivity contribution in [2.24, 2.45) is 5.92 Å². The average molecular weight is 623 g/mol. The third-order valence-electron chi connectivity index (χ3n) is 7.44. The number of nitrogens with zero attached hydrogens (tertiary/aromatic N) is 2. The molecule has 0 radical (unpaired) electrons. The predicted octanol–water partition coefficient (Wildman–Crippen LogP) is 6.03. The Balaban J connectivity index is 1.41. The molecule has 0 aromatic heterocycles. The number of halogens is 1. The highest BCUT2D eigenvalue weighted by Gasteiger charge is 2.35. The molecule has 196 valence electrons. The van der Waals surface area contributed by atoms with E-state index in [0.717, 1.165) is 32.9 Å². The minimum atomic E-state index is -0.574. The van der Waals surface area contributed by atoms with Crippen molar-refractivity contribution in [3.8, 4) is 5.75 Å². The summed E-state index contributed by atoms with van der Waals surface area (Å²) in [5.41, 5.74) is 2.64.